The molecule has 1 amide bonds. The number of nitrogens with zero attached hydrogens (tertiary/aromatic N) is 2. The molecule has 0 saturated carbocycles. The Labute approximate surface area is 96.5 Å². The zero-order chi connectivity index (χ0) is 12.4. The van der Waals surface area contributed by atoms with E-state index in [1.54, 1.807) is 0 Å². The van der Waals surface area contributed by atoms with Gasteiger partial charge in [0.1, 0.15) is 0 Å². The van der Waals surface area contributed by atoms with Gasteiger partial charge in [-0.3, -0.25) is 4.79 Å². The van der Waals surface area contributed by atoms with Gasteiger partial charge in [-0.25, -0.2) is 9.78 Å². The summed E-state index contributed by atoms with van der Waals surface area (Å²) in [5.74, 6) is -1.24. The Hall–Kier alpha value is -2.38. The fourth-order valence-corrected chi connectivity index (χ4v) is 1.41. The number of carbonyl (C=O) groups excluding carboxylic acids is 1. The molecule has 0 radical (unpaired) electrons. The van der Waals surface area contributed by atoms with Gasteiger partial charge in [0.2, 0.25) is 12.0 Å². The summed E-state index contributed by atoms with van der Waals surface area (Å²) < 4.78 is 0. The fraction of sp³-hybridized carbons (Fsp3) is 0.333. The molecule has 2 rings (SSSR count). The molecule has 2 heterocycles. The van der Waals surface area contributed by atoms with E-state index in [9.17, 15) is 9.59 Å². The topological polar surface area (TPSA) is 116 Å². The van der Waals surface area contributed by atoms with E-state index in [1.165, 1.54) is 6.20 Å². The van der Waals surface area contributed by atoms with E-state index >= 15 is 0 Å². The molecule has 1 aliphatic heterocycles. The second kappa shape index (κ2) is 4.24. The Morgan fingerprint density at radius 2 is 2.41 bits per heavy atom. The number of carboxylic acid groups (broad SMARTS) is 1. The van der Waals surface area contributed by atoms with Crippen molar-refractivity contribution in [3.8, 4) is 0 Å². The second-order valence-corrected chi connectivity index (χ2v) is 3.39. The zero-order valence-corrected chi connectivity index (χ0v) is 9.02. The van der Waals surface area contributed by atoms with E-state index < -0.39 is 17.9 Å². The van der Waals surface area contributed by atoms with Gasteiger partial charge in [0.15, 0.2) is 5.82 Å². The smallest absolute Gasteiger partial charge is 0.336 e. The lowest BCUT2D eigenvalue weighted by Crippen LogP contribution is -2.44. The maximum atomic E-state index is 11.4. The van der Waals surface area contributed by atoms with Crippen LogP contribution in [0.25, 0.3) is 0 Å². The van der Waals surface area contributed by atoms with Crippen molar-refractivity contribution in [2.45, 2.75) is 13.0 Å². The highest BCUT2D eigenvalue weighted by Crippen LogP contribution is 2.24. The molecule has 0 aliphatic carbocycles. The van der Waals surface area contributed by atoms with Crippen LogP contribution in [0.15, 0.2) is 6.20 Å². The molecule has 8 heteroatoms. The molecule has 17 heavy (non-hydrogen) atoms. The monoisotopic (exact) mass is 237 g/mol. The number of aliphatic carboxylic acids is 1. The van der Waals surface area contributed by atoms with E-state index in [2.05, 4.69) is 25.9 Å². The molecule has 0 aromatic carbocycles. The minimum atomic E-state index is -1.31. The van der Waals surface area contributed by atoms with E-state index in [-0.39, 0.29) is 5.82 Å². The maximum Gasteiger partial charge on any atom is 0.336 e. The summed E-state index contributed by atoms with van der Waals surface area (Å²) in [6.45, 7) is 2.54. The number of carbonyl (C=O) groups is 2. The number of hydrogen-bond donors (Lipinski definition) is 4. The largest absolute Gasteiger partial charge is 0.479 e. The molecule has 0 unspecified atom stereocenters. The summed E-state index contributed by atoms with van der Waals surface area (Å²) in [6.07, 6.45) is 1.43. The average Bonchev–Trinajstić information content (AvgIpc) is 2.28. The predicted octanol–water partition coefficient (Wildman–Crippen LogP) is -0.274. The van der Waals surface area contributed by atoms with Crippen molar-refractivity contribution < 1.29 is 14.7 Å². The zero-order valence-electron chi connectivity index (χ0n) is 9.02. The maximum absolute atomic E-state index is 11.4. The Kier molecular flexibility index (Phi) is 2.77. The summed E-state index contributed by atoms with van der Waals surface area (Å²) in [5.41, 5.74) is 0.388. The van der Waals surface area contributed by atoms with Crippen molar-refractivity contribution >= 4 is 29.3 Å². The number of rotatable bonds is 3. The Bertz CT molecular complexity index is 476. The number of hydrogen-bond acceptors (Lipinski definition) is 6. The third kappa shape index (κ3) is 2.10. The van der Waals surface area contributed by atoms with Crippen LogP contribution in [0.2, 0.25) is 0 Å². The molecular formula is C9H11N5O3. The summed E-state index contributed by atoms with van der Waals surface area (Å²) >= 11 is 0. The van der Waals surface area contributed by atoms with Gasteiger partial charge in [0.25, 0.3) is 5.91 Å². The first kappa shape index (κ1) is 11.1. The molecule has 0 bridgehead atoms. The molecule has 0 fully saturated rings. The molecule has 90 valence electrons. The molecule has 1 aromatic rings. The standard InChI is InChI=1S/C9H11N5O3/c1-2-10-9-11-3-4-6(14-9)13-7(15)5(12-4)8(16)17/h3,5,12H,2H2,1H3,(H,16,17)(H2,10,11,13,14,15)/t5-/m0/s1. The Balaban J connectivity index is 2.28. The van der Waals surface area contributed by atoms with Gasteiger partial charge in [-0.15, -0.1) is 0 Å². The quantitative estimate of drug-likeness (QED) is 0.534. The minimum Gasteiger partial charge on any atom is -0.479 e. The molecule has 8 nitrogen and oxygen atoms in total. The Morgan fingerprint density at radius 3 is 3.06 bits per heavy atom. The van der Waals surface area contributed by atoms with E-state index in [0.717, 1.165) is 0 Å². The van der Waals surface area contributed by atoms with Crippen molar-refractivity contribution in [1.82, 2.24) is 9.97 Å². The van der Waals surface area contributed by atoms with Gasteiger partial charge in [0, 0.05) is 6.54 Å². The van der Waals surface area contributed by atoms with Gasteiger partial charge in [-0.1, -0.05) is 0 Å². The summed E-state index contributed by atoms with van der Waals surface area (Å²) in [4.78, 5) is 30.2. The number of aromatic nitrogens is 2. The van der Waals surface area contributed by atoms with Crippen LogP contribution in [0.4, 0.5) is 17.5 Å². The van der Waals surface area contributed by atoms with Crippen LogP contribution in [0.3, 0.4) is 0 Å². The van der Waals surface area contributed by atoms with Crippen molar-refractivity contribution in [3.63, 3.8) is 0 Å². The van der Waals surface area contributed by atoms with Crippen LogP contribution in [0, 0.1) is 0 Å². The molecule has 1 aromatic heterocycles. The summed E-state index contributed by atoms with van der Waals surface area (Å²) in [7, 11) is 0. The van der Waals surface area contributed by atoms with E-state index in [4.69, 9.17) is 5.11 Å². The molecule has 1 aliphatic rings. The van der Waals surface area contributed by atoms with Crippen molar-refractivity contribution in [3.05, 3.63) is 6.20 Å². The van der Waals surface area contributed by atoms with Crippen LogP contribution >= 0.6 is 0 Å². The van der Waals surface area contributed by atoms with Crippen molar-refractivity contribution in [1.29, 1.82) is 0 Å². The minimum absolute atomic E-state index is 0.276. The number of anilines is 3. The third-order valence-corrected chi connectivity index (χ3v) is 2.17. The van der Waals surface area contributed by atoms with Crippen molar-refractivity contribution in [2.75, 3.05) is 22.5 Å². The predicted molar refractivity (Wildman–Crippen MR) is 59.9 cm³/mol. The summed E-state index contributed by atoms with van der Waals surface area (Å²) in [6, 6.07) is -1.31. The lowest BCUT2D eigenvalue weighted by Gasteiger charge is -2.22. The fourth-order valence-electron chi connectivity index (χ4n) is 1.41. The molecule has 1 atom stereocenters. The van der Waals surface area contributed by atoms with Gasteiger partial charge in [0.05, 0.1) is 11.9 Å². The van der Waals surface area contributed by atoms with Crippen LogP contribution in [-0.2, 0) is 9.59 Å². The molecular weight excluding hydrogens is 226 g/mol. The van der Waals surface area contributed by atoms with E-state index in [0.29, 0.717) is 18.2 Å². The third-order valence-electron chi connectivity index (χ3n) is 2.17. The normalized spacial score (nSPS) is 17.7. The van der Waals surface area contributed by atoms with Crippen LogP contribution in [-0.4, -0.2) is 39.5 Å². The molecule has 0 spiro atoms. The first-order valence-corrected chi connectivity index (χ1v) is 5.03. The lowest BCUT2D eigenvalue weighted by atomic mass is 10.2. The first-order chi connectivity index (χ1) is 8.11. The van der Waals surface area contributed by atoms with Crippen LogP contribution in [0.5, 0.6) is 0 Å². The first-order valence-electron chi connectivity index (χ1n) is 5.03. The number of nitrogens with one attached hydrogen (secondary N) is 3. The van der Waals surface area contributed by atoms with Gasteiger partial charge in [-0.05, 0) is 6.92 Å². The van der Waals surface area contributed by atoms with Crippen molar-refractivity contribution in [2.24, 2.45) is 0 Å². The second-order valence-electron chi connectivity index (χ2n) is 3.39. The highest BCUT2D eigenvalue weighted by Gasteiger charge is 2.32. The average molecular weight is 237 g/mol. The van der Waals surface area contributed by atoms with Crippen LogP contribution < -0.4 is 16.0 Å². The molecule has 4 N–H and O–H groups in total. The molecule has 0 saturated heterocycles. The van der Waals surface area contributed by atoms with E-state index in [1.807, 2.05) is 6.92 Å². The van der Waals surface area contributed by atoms with Crippen LogP contribution in [0.1, 0.15) is 6.92 Å². The SMILES string of the molecule is CCNc1ncc2c(n1)NC(=O)[C@@H](C(=O)O)N2. The Morgan fingerprint density at radius 1 is 1.65 bits per heavy atom. The van der Waals surface area contributed by atoms with Gasteiger partial charge >= 0.3 is 5.97 Å². The number of amides is 1. The number of carboxylic acids is 1. The van der Waals surface area contributed by atoms with Gasteiger partial charge < -0.3 is 21.1 Å². The number of fused-ring (bicyclic) bond motifs is 1. The lowest BCUT2D eigenvalue weighted by molar-refractivity contribution is -0.140. The highest BCUT2D eigenvalue weighted by atomic mass is 16.4. The van der Waals surface area contributed by atoms with Gasteiger partial charge in [-0.2, -0.15) is 4.98 Å². The highest BCUT2D eigenvalue weighted by molar-refractivity contribution is 6.13. The summed E-state index contributed by atoms with van der Waals surface area (Å²) in [5, 5.41) is 16.7.